The molecular weight excluding hydrogens is 389 g/mol. The average Bonchev–Trinajstić information content (AvgIpc) is 3.29. The Morgan fingerprint density at radius 3 is 2.60 bits per heavy atom. The van der Waals surface area contributed by atoms with Crippen molar-refractivity contribution >= 4 is 22.6 Å². The number of anilines is 1. The Bertz CT molecular complexity index is 1070. The normalized spacial score (nSPS) is 24.8. The van der Waals surface area contributed by atoms with Gasteiger partial charge >= 0.3 is 5.97 Å². The summed E-state index contributed by atoms with van der Waals surface area (Å²) in [6.07, 6.45) is 6.06. The lowest BCUT2D eigenvalue weighted by molar-refractivity contribution is 0.0293. The predicted octanol–water partition coefficient (Wildman–Crippen LogP) is 2.21. The predicted molar refractivity (Wildman–Crippen MR) is 111 cm³/mol. The maximum absolute atomic E-state index is 15.1. The first-order chi connectivity index (χ1) is 14.3. The smallest absolute Gasteiger partial charge is 0.341 e. The minimum Gasteiger partial charge on any atom is -0.477 e. The highest BCUT2D eigenvalue weighted by atomic mass is 19.1. The number of β-amino-alcohol motifs (C(OH)–C–C–N with tert-alkyl or cyclic N) is 1. The van der Waals surface area contributed by atoms with E-state index in [4.69, 9.17) is 0 Å². The zero-order valence-electron chi connectivity index (χ0n) is 16.8. The zero-order chi connectivity index (χ0) is 21.0. The molecule has 0 spiro atoms. The van der Waals surface area contributed by atoms with E-state index < -0.39 is 22.8 Å². The van der Waals surface area contributed by atoms with E-state index in [1.165, 1.54) is 6.20 Å². The van der Waals surface area contributed by atoms with Crippen molar-refractivity contribution in [3.8, 4) is 0 Å². The molecule has 7 nitrogen and oxygen atoms in total. The quantitative estimate of drug-likeness (QED) is 0.779. The van der Waals surface area contributed by atoms with Gasteiger partial charge in [0.05, 0.1) is 16.8 Å². The number of aromatic nitrogens is 1. The summed E-state index contributed by atoms with van der Waals surface area (Å²) >= 11 is 0. The minimum absolute atomic E-state index is 0.0922. The number of pyridine rings is 1. The van der Waals surface area contributed by atoms with Crippen LogP contribution in [0.25, 0.3) is 10.9 Å². The number of hydrogen-bond donors (Lipinski definition) is 2. The van der Waals surface area contributed by atoms with Gasteiger partial charge in [-0.15, -0.1) is 0 Å². The minimum atomic E-state index is -1.30. The van der Waals surface area contributed by atoms with E-state index in [0.29, 0.717) is 37.3 Å². The molecule has 0 amide bonds. The Morgan fingerprint density at radius 2 is 1.93 bits per heavy atom. The molecule has 5 rings (SSSR count). The molecular formula is C22H26FN3O4. The first-order valence-electron chi connectivity index (χ1n) is 10.7. The SMILES string of the molecule is O=C(O)c1cn(C2CC2)c2cc(N3CCC(O)(CN4CCCC4)C3)c(F)cc2c1=O. The summed E-state index contributed by atoms with van der Waals surface area (Å²) in [5.41, 5.74) is -0.958. The third kappa shape index (κ3) is 3.37. The van der Waals surface area contributed by atoms with Gasteiger partial charge in [0.1, 0.15) is 11.4 Å². The van der Waals surface area contributed by atoms with E-state index in [1.54, 1.807) is 10.6 Å². The highest BCUT2D eigenvalue weighted by Crippen LogP contribution is 2.39. The molecule has 1 saturated carbocycles. The molecule has 2 saturated heterocycles. The molecule has 3 fully saturated rings. The summed E-state index contributed by atoms with van der Waals surface area (Å²) in [5, 5.41) is 20.5. The fourth-order valence-electron chi connectivity index (χ4n) is 4.96. The summed E-state index contributed by atoms with van der Waals surface area (Å²) in [6, 6.07) is 2.95. The maximum Gasteiger partial charge on any atom is 0.341 e. The Kier molecular flexibility index (Phi) is 4.59. The van der Waals surface area contributed by atoms with Crippen molar-refractivity contribution in [1.82, 2.24) is 9.47 Å². The van der Waals surface area contributed by atoms with E-state index >= 15 is 4.39 Å². The lowest BCUT2D eigenvalue weighted by atomic mass is 10.0. The van der Waals surface area contributed by atoms with Gasteiger partial charge in [-0.25, -0.2) is 9.18 Å². The highest BCUT2D eigenvalue weighted by molar-refractivity contribution is 5.93. The van der Waals surface area contributed by atoms with Crippen LogP contribution in [0.1, 0.15) is 48.5 Å². The molecule has 1 aromatic carbocycles. The third-order valence-corrected chi connectivity index (χ3v) is 6.66. The molecule has 1 aliphatic carbocycles. The molecule has 8 heteroatoms. The Hall–Kier alpha value is -2.45. The molecule has 1 atom stereocenters. The van der Waals surface area contributed by atoms with Crippen LogP contribution in [0.4, 0.5) is 10.1 Å². The van der Waals surface area contributed by atoms with E-state index in [2.05, 4.69) is 4.90 Å². The molecule has 160 valence electrons. The number of halogens is 1. The van der Waals surface area contributed by atoms with Crippen molar-refractivity contribution in [3.63, 3.8) is 0 Å². The highest BCUT2D eigenvalue weighted by Gasteiger charge is 2.39. The van der Waals surface area contributed by atoms with Crippen LogP contribution in [0.2, 0.25) is 0 Å². The van der Waals surface area contributed by atoms with Crippen LogP contribution < -0.4 is 10.3 Å². The number of fused-ring (bicyclic) bond motifs is 1. The summed E-state index contributed by atoms with van der Waals surface area (Å²) in [5.74, 6) is -1.86. The number of benzene rings is 1. The number of carboxylic acids is 1. The Balaban J connectivity index is 1.52. The lowest BCUT2D eigenvalue weighted by Crippen LogP contribution is -2.44. The van der Waals surface area contributed by atoms with Crippen LogP contribution in [0.5, 0.6) is 0 Å². The number of likely N-dealkylation sites (tertiary alicyclic amines) is 1. The number of nitrogens with zero attached hydrogens (tertiary/aromatic N) is 3. The van der Waals surface area contributed by atoms with Gasteiger partial charge in [0.25, 0.3) is 0 Å². The standard InChI is InChI=1S/C22H26FN3O4/c23-17-9-15-18(26(14-3-4-14)11-16(20(15)27)21(28)29)10-19(17)25-8-5-22(30,13-25)12-24-6-1-2-7-24/h9-11,14,30H,1-8,12-13H2,(H,28,29). The summed E-state index contributed by atoms with van der Waals surface area (Å²) < 4.78 is 16.9. The molecule has 2 aliphatic heterocycles. The largest absolute Gasteiger partial charge is 0.477 e. The Labute approximate surface area is 173 Å². The number of aliphatic hydroxyl groups is 1. The van der Waals surface area contributed by atoms with Crippen molar-refractivity contribution in [2.75, 3.05) is 37.6 Å². The number of hydrogen-bond acceptors (Lipinski definition) is 5. The molecule has 30 heavy (non-hydrogen) atoms. The summed E-state index contributed by atoms with van der Waals surface area (Å²) in [7, 11) is 0. The van der Waals surface area contributed by atoms with Gasteiger partial charge in [-0.2, -0.15) is 0 Å². The second kappa shape index (κ2) is 7.06. The second-order valence-corrected chi connectivity index (χ2v) is 9.02. The number of carboxylic acid groups (broad SMARTS) is 1. The van der Waals surface area contributed by atoms with Gasteiger partial charge in [0.15, 0.2) is 0 Å². The third-order valence-electron chi connectivity index (χ3n) is 6.66. The van der Waals surface area contributed by atoms with Crippen LogP contribution in [-0.4, -0.2) is 64.0 Å². The molecule has 3 heterocycles. The Morgan fingerprint density at radius 1 is 1.20 bits per heavy atom. The number of aromatic carboxylic acids is 1. The van der Waals surface area contributed by atoms with E-state index in [9.17, 15) is 19.8 Å². The molecule has 2 N–H and O–H groups in total. The molecule has 0 radical (unpaired) electrons. The van der Waals surface area contributed by atoms with Crippen LogP contribution in [-0.2, 0) is 0 Å². The first kappa shape index (κ1) is 19.5. The summed E-state index contributed by atoms with van der Waals surface area (Å²) in [6.45, 7) is 3.45. The summed E-state index contributed by atoms with van der Waals surface area (Å²) in [4.78, 5) is 28.2. The average molecular weight is 415 g/mol. The van der Waals surface area contributed by atoms with Crippen molar-refractivity contribution in [2.24, 2.45) is 0 Å². The van der Waals surface area contributed by atoms with E-state index in [0.717, 1.165) is 44.8 Å². The van der Waals surface area contributed by atoms with Gasteiger partial charge in [0, 0.05) is 37.3 Å². The fraction of sp³-hybridized carbons (Fsp3) is 0.545. The van der Waals surface area contributed by atoms with E-state index in [-0.39, 0.29) is 17.0 Å². The molecule has 0 bridgehead atoms. The van der Waals surface area contributed by atoms with Gasteiger partial charge in [-0.1, -0.05) is 0 Å². The van der Waals surface area contributed by atoms with Crippen LogP contribution in [0.3, 0.4) is 0 Å². The number of carbonyl (C=O) groups is 1. The van der Waals surface area contributed by atoms with Crippen molar-refractivity contribution < 1.29 is 19.4 Å². The van der Waals surface area contributed by atoms with Gasteiger partial charge < -0.3 is 24.6 Å². The van der Waals surface area contributed by atoms with Crippen molar-refractivity contribution in [1.29, 1.82) is 0 Å². The van der Waals surface area contributed by atoms with Crippen LogP contribution in [0, 0.1) is 5.82 Å². The number of rotatable bonds is 5. The molecule has 3 aliphatic rings. The topological polar surface area (TPSA) is 86.0 Å². The van der Waals surface area contributed by atoms with Crippen molar-refractivity contribution in [2.45, 2.75) is 43.7 Å². The fourth-order valence-corrected chi connectivity index (χ4v) is 4.96. The molecule has 1 unspecified atom stereocenters. The van der Waals surface area contributed by atoms with Gasteiger partial charge in [0.2, 0.25) is 5.43 Å². The van der Waals surface area contributed by atoms with Gasteiger partial charge in [-0.05, 0) is 57.3 Å². The van der Waals surface area contributed by atoms with Crippen molar-refractivity contribution in [3.05, 3.63) is 39.9 Å². The van der Waals surface area contributed by atoms with E-state index in [1.807, 2.05) is 4.90 Å². The maximum atomic E-state index is 15.1. The monoisotopic (exact) mass is 415 g/mol. The first-order valence-corrected chi connectivity index (χ1v) is 10.7. The zero-order valence-corrected chi connectivity index (χ0v) is 16.8. The van der Waals surface area contributed by atoms with Crippen LogP contribution in [0.15, 0.2) is 23.1 Å². The lowest BCUT2D eigenvalue weighted by Gasteiger charge is -2.29. The second-order valence-electron chi connectivity index (χ2n) is 9.02. The van der Waals surface area contributed by atoms with Gasteiger partial charge in [-0.3, -0.25) is 4.79 Å². The van der Waals surface area contributed by atoms with Crippen LogP contribution >= 0.6 is 0 Å². The molecule has 1 aromatic heterocycles. The molecule has 2 aromatic rings.